The number of ether oxygens (including phenoxy) is 5. The van der Waals surface area contributed by atoms with Crippen molar-refractivity contribution in [2.75, 3.05) is 51.4 Å². The number of carbonyl (C=O) groups is 6. The Labute approximate surface area is 608 Å². The minimum atomic E-state index is -0.508. The zero-order chi connectivity index (χ0) is 73.7. The lowest BCUT2D eigenvalue weighted by molar-refractivity contribution is -0.671. The number of aliphatic hydroxyl groups excluding tert-OH is 1. The average molecular weight is 1440 g/mol. The summed E-state index contributed by atoms with van der Waals surface area (Å²) in [6, 6.07) is 0. The van der Waals surface area contributed by atoms with Gasteiger partial charge >= 0.3 is 29.8 Å². The molecular weight excluding hydrogens is 1310 g/mol. The summed E-state index contributed by atoms with van der Waals surface area (Å²) < 4.78 is 33.4. The molecule has 3 atom stereocenters. The standard InChI is InChI=1S/C21H40O4.2C16H25N2O2.C12H19ClO2.C10H18O.C2H2Cl2O.ClH/c1-6-10-12-18(8-3)15-24-20(22)14-17(5)21(23)25-16-19(9-4)13-11-7-2;2*1-14(2)6-5-7-15(3)8-11-20-16(19)12-18-10-9-17(4)13-18;1-10(2)5-4-6-11(3)7-8-15-12(14)9-13;1-9(2)5-4-6-10(3)7-8-11;3-1-2(4)5;/h17-19H,6-16H2,1-5H3;2*6,8-10,13H,5,7,11-12H2,1-4H3;5,7H,4,6,8-9H2,1-3H3;5,7,11H,4,6,8H2,1-3H3;1H2;1H/q;2*+1;;;;/p-1/b;2*15-8+;11-7+;10-7+;;. The van der Waals surface area contributed by atoms with Gasteiger partial charge in [0, 0.05) is 0 Å². The lowest BCUT2D eigenvalue weighted by Crippen LogP contribution is -3.00. The number of unbranched alkanes of at least 4 members (excludes halogenated alkanes) is 2. The van der Waals surface area contributed by atoms with Gasteiger partial charge in [-0.15, -0.1) is 23.2 Å². The Morgan fingerprint density at radius 2 is 0.814 bits per heavy atom. The molecule has 0 saturated carbocycles. The number of carbonyl (C=O) groups excluding carboxylic acids is 6. The van der Waals surface area contributed by atoms with E-state index in [1.54, 1.807) is 16.1 Å². The van der Waals surface area contributed by atoms with Gasteiger partial charge in [0.05, 0.1) is 52.1 Å². The molecule has 20 heteroatoms. The monoisotopic (exact) mass is 1440 g/mol. The predicted molar refractivity (Wildman–Crippen MR) is 395 cm³/mol. The molecule has 0 saturated heterocycles. The Balaban J connectivity index is -0.000000363. The first-order valence-corrected chi connectivity index (χ1v) is 35.7. The second kappa shape index (κ2) is 67.7. The Morgan fingerprint density at radius 1 is 0.485 bits per heavy atom. The molecule has 0 fully saturated rings. The van der Waals surface area contributed by atoms with Crippen molar-refractivity contribution in [3.8, 4) is 0 Å². The van der Waals surface area contributed by atoms with E-state index >= 15 is 0 Å². The fraction of sp³-hybridized carbons (Fsp3) is 0.636. The van der Waals surface area contributed by atoms with Gasteiger partial charge in [0.1, 0.15) is 50.5 Å². The highest BCUT2D eigenvalue weighted by Crippen LogP contribution is 2.17. The molecule has 0 aliphatic rings. The first-order chi connectivity index (χ1) is 45.4. The van der Waals surface area contributed by atoms with E-state index in [-0.39, 0.29) is 80.1 Å². The van der Waals surface area contributed by atoms with Crippen molar-refractivity contribution < 1.29 is 79.1 Å². The molecule has 0 amide bonds. The van der Waals surface area contributed by atoms with E-state index in [1.807, 2.05) is 91.9 Å². The lowest BCUT2D eigenvalue weighted by atomic mass is 10.0. The zero-order valence-electron chi connectivity index (χ0n) is 63.1. The molecule has 0 aromatic carbocycles. The van der Waals surface area contributed by atoms with Crippen LogP contribution in [0.3, 0.4) is 0 Å². The maximum absolute atomic E-state index is 12.1. The van der Waals surface area contributed by atoms with Crippen LogP contribution in [-0.4, -0.2) is 101 Å². The van der Waals surface area contributed by atoms with Crippen LogP contribution in [0.15, 0.2) is 131 Å². The summed E-state index contributed by atoms with van der Waals surface area (Å²) in [5.41, 5.74) is 10.4. The molecule has 0 aliphatic carbocycles. The Morgan fingerprint density at radius 3 is 1.09 bits per heavy atom. The summed E-state index contributed by atoms with van der Waals surface area (Å²) in [5, 5.41) is 8.05. The Hall–Kier alpha value is -5.52. The van der Waals surface area contributed by atoms with Gasteiger partial charge in [0.25, 0.3) is 0 Å². The normalized spacial score (nSPS) is 11.8. The third-order valence-corrected chi connectivity index (χ3v) is 15.0. The van der Waals surface area contributed by atoms with Crippen LogP contribution in [0.5, 0.6) is 0 Å². The fourth-order valence-corrected chi connectivity index (χ4v) is 8.19. The zero-order valence-corrected chi connectivity index (χ0v) is 66.2. The second-order valence-corrected chi connectivity index (χ2v) is 26.0. The van der Waals surface area contributed by atoms with Crippen LogP contribution in [-0.2, 0) is 79.6 Å². The van der Waals surface area contributed by atoms with Crippen molar-refractivity contribution in [2.45, 2.75) is 240 Å². The summed E-state index contributed by atoms with van der Waals surface area (Å²) in [7, 11) is 3.83. The number of imidazole rings is 2. The molecule has 2 aromatic heterocycles. The number of aromatic nitrogens is 4. The summed E-state index contributed by atoms with van der Waals surface area (Å²) in [4.78, 5) is 67.4. The number of esters is 5. The van der Waals surface area contributed by atoms with Crippen molar-refractivity contribution in [3.05, 3.63) is 131 Å². The van der Waals surface area contributed by atoms with E-state index in [9.17, 15) is 28.8 Å². The predicted octanol–water partition coefficient (Wildman–Crippen LogP) is 14.8. The quantitative estimate of drug-likeness (QED) is 0.0166. The summed E-state index contributed by atoms with van der Waals surface area (Å²) in [5.74, 6) is -1.14. The highest BCUT2D eigenvalue weighted by Gasteiger charge is 2.22. The van der Waals surface area contributed by atoms with Gasteiger partial charge in [-0.05, 0) is 189 Å². The van der Waals surface area contributed by atoms with Gasteiger partial charge in [0.15, 0.2) is 13.1 Å². The van der Waals surface area contributed by atoms with Crippen LogP contribution < -0.4 is 21.5 Å². The molecule has 16 nitrogen and oxygen atoms in total. The minimum absolute atomic E-state index is 0. The highest BCUT2D eigenvalue weighted by molar-refractivity contribution is 6.67. The number of halogens is 4. The summed E-state index contributed by atoms with van der Waals surface area (Å²) >= 11 is 14.8. The van der Waals surface area contributed by atoms with Gasteiger partial charge in [-0.25, -0.2) is 27.9 Å². The Kier molecular flexibility index (Phi) is 69.8. The van der Waals surface area contributed by atoms with Crippen LogP contribution in [0.4, 0.5) is 0 Å². The molecule has 2 heterocycles. The number of allylic oxidation sites excluding steroid dienone is 12. The van der Waals surface area contributed by atoms with E-state index in [2.05, 4.69) is 128 Å². The lowest BCUT2D eigenvalue weighted by Gasteiger charge is -2.18. The van der Waals surface area contributed by atoms with E-state index in [0.717, 1.165) is 103 Å². The molecule has 0 radical (unpaired) electrons. The Bertz CT molecular complexity index is 2570. The molecule has 556 valence electrons. The maximum Gasteiger partial charge on any atom is 0.348 e. The first-order valence-electron chi connectivity index (χ1n) is 34.3. The fourth-order valence-electron chi connectivity index (χ4n) is 8.11. The number of alkyl halides is 2. The minimum Gasteiger partial charge on any atom is -1.00 e. The van der Waals surface area contributed by atoms with Crippen LogP contribution in [0.1, 0.15) is 227 Å². The number of aryl methyl sites for hydroxylation is 2. The summed E-state index contributed by atoms with van der Waals surface area (Å²) in [6.45, 7) is 37.9. The van der Waals surface area contributed by atoms with Crippen molar-refractivity contribution in [3.63, 3.8) is 0 Å². The number of aliphatic hydroxyl groups is 1. The average Bonchev–Trinajstić information content (AvgIpc) is 1.99. The maximum atomic E-state index is 12.1. The van der Waals surface area contributed by atoms with Crippen molar-refractivity contribution in [1.29, 1.82) is 0 Å². The van der Waals surface area contributed by atoms with Gasteiger partial charge in [-0.3, -0.25) is 19.2 Å². The van der Waals surface area contributed by atoms with E-state index in [4.69, 9.17) is 63.6 Å². The second-order valence-electron chi connectivity index (χ2n) is 25.1. The van der Waals surface area contributed by atoms with Crippen molar-refractivity contribution in [1.82, 2.24) is 9.13 Å². The van der Waals surface area contributed by atoms with Gasteiger partial charge in [-0.1, -0.05) is 148 Å². The van der Waals surface area contributed by atoms with Crippen LogP contribution >= 0.6 is 34.8 Å². The smallest absolute Gasteiger partial charge is 0.348 e. The SMILES string of the molecule is CC(C)=CCC/C(C)=C/CO.CC(C)=CCC/C(C)=C/COC(=O)CCl.CC(C)=CCC/C(C)=C/COC(=O)Cn1cc[n+](C)c1.CC(C)=CCC/C(C)=C/COC(=O)Cn1cc[n+](C)c1.CCCCC(CC)COC(=O)CC(C)C(=O)OCC(CC)CCCC.O=C(Cl)CCl.[Cl-]. The highest BCUT2D eigenvalue weighted by atomic mass is 35.5. The van der Waals surface area contributed by atoms with E-state index in [0.29, 0.717) is 44.9 Å². The number of rotatable bonds is 40. The third kappa shape index (κ3) is 71.6. The number of nitrogens with zero attached hydrogens (tertiary/aromatic N) is 4. The van der Waals surface area contributed by atoms with Gasteiger partial charge in [-0.2, -0.15) is 0 Å². The molecule has 2 aromatic rings. The molecule has 97 heavy (non-hydrogen) atoms. The first kappa shape index (κ1) is 100. The molecule has 0 aliphatic heterocycles. The van der Waals surface area contributed by atoms with Crippen LogP contribution in [0, 0.1) is 17.8 Å². The van der Waals surface area contributed by atoms with E-state index in [1.165, 1.54) is 44.6 Å². The van der Waals surface area contributed by atoms with Crippen LogP contribution in [0.2, 0.25) is 0 Å². The molecule has 2 rings (SSSR count). The van der Waals surface area contributed by atoms with E-state index < -0.39 is 11.2 Å². The number of hydrogen-bond donors (Lipinski definition) is 1. The molecule has 3 unspecified atom stereocenters. The van der Waals surface area contributed by atoms with Gasteiger partial charge < -0.3 is 41.2 Å². The topological polar surface area (TPSA) is 186 Å². The van der Waals surface area contributed by atoms with Crippen molar-refractivity contribution in [2.24, 2.45) is 31.8 Å². The number of hydrogen-bond acceptors (Lipinski definition) is 12. The largest absolute Gasteiger partial charge is 1.00 e. The molecular formula is C77H129Cl4N4O12+. The van der Waals surface area contributed by atoms with Crippen molar-refractivity contribution >= 4 is 69.9 Å². The van der Waals surface area contributed by atoms with Crippen LogP contribution in [0.25, 0.3) is 0 Å². The summed E-state index contributed by atoms with van der Waals surface area (Å²) in [6.07, 6.45) is 45.0. The molecule has 0 spiro atoms. The van der Waals surface area contributed by atoms with Gasteiger partial charge in [0.2, 0.25) is 17.9 Å². The third-order valence-electron chi connectivity index (χ3n) is 14.2. The molecule has 0 bridgehead atoms. The molecule has 1 N–H and O–H groups in total.